The van der Waals surface area contributed by atoms with Crippen LogP contribution >= 0.6 is 34.8 Å². The number of anilines is 1. The minimum absolute atomic E-state index is 0.0810. The van der Waals surface area contributed by atoms with E-state index in [0.29, 0.717) is 21.4 Å². The Morgan fingerprint density at radius 3 is 2.58 bits per heavy atom. The second-order valence-electron chi connectivity index (χ2n) is 5.63. The van der Waals surface area contributed by atoms with Crippen LogP contribution in [0.25, 0.3) is 11.1 Å². The number of pyridine rings is 1. The van der Waals surface area contributed by atoms with E-state index in [1.807, 2.05) is 18.2 Å². The summed E-state index contributed by atoms with van der Waals surface area (Å²) < 4.78 is 19.6. The quantitative estimate of drug-likeness (QED) is 0.494. The van der Waals surface area contributed by atoms with Gasteiger partial charge in [-0.25, -0.2) is 9.37 Å². The number of benzene rings is 2. The zero-order valence-corrected chi connectivity index (χ0v) is 15.9. The normalized spacial score (nSPS) is 12.0. The average molecular weight is 412 g/mol. The van der Waals surface area contributed by atoms with Gasteiger partial charge in [0.15, 0.2) is 11.6 Å². The second kappa shape index (κ2) is 7.70. The van der Waals surface area contributed by atoms with Crippen LogP contribution in [0.15, 0.2) is 48.7 Å². The van der Waals surface area contributed by atoms with Crippen molar-refractivity contribution in [3.8, 4) is 16.9 Å². The van der Waals surface area contributed by atoms with Crippen LogP contribution in [0.4, 0.5) is 10.2 Å². The van der Waals surface area contributed by atoms with E-state index in [0.717, 1.165) is 11.1 Å². The number of halogens is 4. The predicted molar refractivity (Wildman–Crippen MR) is 105 cm³/mol. The number of nitrogens with two attached hydrogens (primary N) is 1. The molecule has 0 amide bonds. The van der Waals surface area contributed by atoms with E-state index in [9.17, 15) is 4.39 Å². The summed E-state index contributed by atoms with van der Waals surface area (Å²) in [5.74, 6) is -0.0297. The molecule has 7 heteroatoms. The molecule has 0 aliphatic carbocycles. The number of rotatable bonds is 4. The van der Waals surface area contributed by atoms with Crippen molar-refractivity contribution in [1.29, 1.82) is 0 Å². The number of nitrogen functional groups attached to an aromatic ring is 1. The summed E-state index contributed by atoms with van der Waals surface area (Å²) in [6.45, 7) is 1.71. The molecule has 1 atom stereocenters. The van der Waals surface area contributed by atoms with Gasteiger partial charge < -0.3 is 10.5 Å². The van der Waals surface area contributed by atoms with Gasteiger partial charge in [-0.15, -0.1) is 0 Å². The maximum absolute atomic E-state index is 13.8. The highest BCUT2D eigenvalue weighted by atomic mass is 35.5. The molecule has 1 unspecified atom stereocenters. The van der Waals surface area contributed by atoms with Crippen LogP contribution in [0.1, 0.15) is 18.6 Å². The van der Waals surface area contributed by atoms with Crippen LogP contribution < -0.4 is 10.5 Å². The SMILES string of the molecule is CC(Oc1cc(-c2cccc(Cl)c2)cnc1N)c1c(Cl)ccc(F)c1Cl. The van der Waals surface area contributed by atoms with Gasteiger partial charge in [0.25, 0.3) is 0 Å². The van der Waals surface area contributed by atoms with E-state index in [2.05, 4.69) is 4.98 Å². The molecule has 0 saturated carbocycles. The fraction of sp³-hybridized carbons (Fsp3) is 0.105. The highest BCUT2D eigenvalue weighted by molar-refractivity contribution is 6.36. The maximum atomic E-state index is 13.8. The standard InChI is InChI=1S/C19H14Cl3FN2O/c1-10(17-14(21)5-6-15(23)18(17)22)26-16-8-12(9-25-19(16)24)11-3-2-4-13(20)7-11/h2-10H,1H3,(H2,24,25). The van der Waals surface area contributed by atoms with Crippen molar-refractivity contribution in [3.63, 3.8) is 0 Å². The van der Waals surface area contributed by atoms with E-state index < -0.39 is 11.9 Å². The molecule has 3 rings (SSSR count). The van der Waals surface area contributed by atoms with E-state index in [1.54, 1.807) is 25.3 Å². The van der Waals surface area contributed by atoms with Gasteiger partial charge in [0.05, 0.1) is 5.02 Å². The number of ether oxygens (including phenoxy) is 1. The van der Waals surface area contributed by atoms with Crippen LogP contribution in [-0.4, -0.2) is 4.98 Å². The summed E-state index contributed by atoms with van der Waals surface area (Å²) in [7, 11) is 0. The summed E-state index contributed by atoms with van der Waals surface area (Å²) in [5, 5.41) is 0.831. The lowest BCUT2D eigenvalue weighted by Gasteiger charge is -2.19. The van der Waals surface area contributed by atoms with Gasteiger partial charge in [-0.2, -0.15) is 0 Å². The Kier molecular flexibility index (Phi) is 5.56. The number of hydrogen-bond donors (Lipinski definition) is 1. The number of aromatic nitrogens is 1. The minimum Gasteiger partial charge on any atom is -0.482 e. The number of nitrogens with zero attached hydrogens (tertiary/aromatic N) is 1. The summed E-state index contributed by atoms with van der Waals surface area (Å²) in [4.78, 5) is 4.16. The van der Waals surface area contributed by atoms with Gasteiger partial charge in [0, 0.05) is 27.4 Å². The van der Waals surface area contributed by atoms with E-state index in [1.165, 1.54) is 12.1 Å². The predicted octanol–water partition coefficient (Wildman–Crippen LogP) is 6.57. The molecule has 0 bridgehead atoms. The Bertz CT molecular complexity index is 966. The second-order valence-corrected chi connectivity index (χ2v) is 6.86. The van der Waals surface area contributed by atoms with Gasteiger partial charge in [0.2, 0.25) is 0 Å². The Hall–Kier alpha value is -2.01. The highest BCUT2D eigenvalue weighted by Crippen LogP contribution is 2.37. The molecule has 0 fully saturated rings. The van der Waals surface area contributed by atoms with Gasteiger partial charge in [-0.3, -0.25) is 0 Å². The first-order valence-corrected chi connectivity index (χ1v) is 8.81. The molecule has 3 nitrogen and oxygen atoms in total. The van der Waals surface area contributed by atoms with E-state index >= 15 is 0 Å². The van der Waals surface area contributed by atoms with Gasteiger partial charge in [-0.1, -0.05) is 46.9 Å². The maximum Gasteiger partial charge on any atom is 0.166 e. The molecule has 0 aliphatic heterocycles. The monoisotopic (exact) mass is 410 g/mol. The summed E-state index contributed by atoms with van der Waals surface area (Å²) >= 11 is 18.2. The Morgan fingerprint density at radius 2 is 1.85 bits per heavy atom. The first kappa shape index (κ1) is 18.8. The Balaban J connectivity index is 1.95. The van der Waals surface area contributed by atoms with Crippen molar-refractivity contribution in [3.05, 3.63) is 75.1 Å². The third-order valence-electron chi connectivity index (χ3n) is 3.83. The molecule has 0 spiro atoms. The molecular weight excluding hydrogens is 398 g/mol. The molecule has 0 aliphatic rings. The molecule has 0 radical (unpaired) electrons. The lowest BCUT2D eigenvalue weighted by atomic mass is 10.1. The van der Waals surface area contributed by atoms with Crippen molar-refractivity contribution in [1.82, 2.24) is 4.98 Å². The van der Waals surface area contributed by atoms with Crippen LogP contribution in [-0.2, 0) is 0 Å². The van der Waals surface area contributed by atoms with Crippen molar-refractivity contribution < 1.29 is 9.13 Å². The Morgan fingerprint density at radius 1 is 1.08 bits per heavy atom. The molecule has 1 aromatic heterocycles. The zero-order chi connectivity index (χ0) is 18.8. The first-order chi connectivity index (χ1) is 12.4. The molecule has 26 heavy (non-hydrogen) atoms. The minimum atomic E-state index is -0.635. The van der Waals surface area contributed by atoms with Crippen molar-refractivity contribution in [2.45, 2.75) is 13.0 Å². The molecule has 1 heterocycles. The third kappa shape index (κ3) is 3.88. The summed E-state index contributed by atoms with van der Waals surface area (Å²) in [5.41, 5.74) is 7.92. The van der Waals surface area contributed by atoms with Gasteiger partial charge >= 0.3 is 0 Å². The first-order valence-electron chi connectivity index (χ1n) is 7.68. The molecule has 134 valence electrons. The fourth-order valence-corrected chi connectivity index (χ4v) is 3.41. The number of hydrogen-bond acceptors (Lipinski definition) is 3. The van der Waals surface area contributed by atoms with Crippen molar-refractivity contribution in [2.24, 2.45) is 0 Å². The smallest absolute Gasteiger partial charge is 0.166 e. The highest BCUT2D eigenvalue weighted by Gasteiger charge is 2.20. The Labute approximate surface area is 165 Å². The summed E-state index contributed by atoms with van der Waals surface area (Å²) in [6, 6.07) is 11.7. The molecular formula is C19H14Cl3FN2O. The fourth-order valence-electron chi connectivity index (χ4n) is 2.54. The average Bonchev–Trinajstić information content (AvgIpc) is 2.60. The van der Waals surface area contributed by atoms with Crippen molar-refractivity contribution in [2.75, 3.05) is 5.73 Å². The van der Waals surface area contributed by atoms with Crippen LogP contribution in [0.5, 0.6) is 5.75 Å². The molecule has 3 aromatic rings. The van der Waals surface area contributed by atoms with E-state index in [4.69, 9.17) is 45.3 Å². The zero-order valence-electron chi connectivity index (χ0n) is 13.6. The van der Waals surface area contributed by atoms with Crippen LogP contribution in [0.2, 0.25) is 15.1 Å². The third-order valence-corrected chi connectivity index (χ3v) is 4.78. The van der Waals surface area contributed by atoms with Crippen LogP contribution in [0, 0.1) is 5.82 Å². The lowest BCUT2D eigenvalue weighted by molar-refractivity contribution is 0.227. The topological polar surface area (TPSA) is 48.1 Å². The molecule has 0 saturated heterocycles. The largest absolute Gasteiger partial charge is 0.482 e. The molecule has 2 N–H and O–H groups in total. The van der Waals surface area contributed by atoms with Crippen molar-refractivity contribution >= 4 is 40.6 Å². The van der Waals surface area contributed by atoms with Crippen LogP contribution in [0.3, 0.4) is 0 Å². The van der Waals surface area contributed by atoms with Gasteiger partial charge in [0.1, 0.15) is 11.9 Å². The van der Waals surface area contributed by atoms with E-state index in [-0.39, 0.29) is 10.8 Å². The lowest BCUT2D eigenvalue weighted by Crippen LogP contribution is -2.08. The molecule has 2 aromatic carbocycles. The summed E-state index contributed by atoms with van der Waals surface area (Å²) in [6.07, 6.45) is 0.991. The van der Waals surface area contributed by atoms with Gasteiger partial charge in [-0.05, 0) is 42.8 Å².